The lowest BCUT2D eigenvalue weighted by atomic mass is 10.1. The van der Waals surface area contributed by atoms with Crippen LogP contribution in [0.4, 0.5) is 4.79 Å². The molecule has 2 amide bonds. The van der Waals surface area contributed by atoms with Gasteiger partial charge in [-0.3, -0.25) is 9.59 Å². The number of alkyl carbamates (subject to hydrolysis) is 1. The molecule has 0 aliphatic carbocycles. The van der Waals surface area contributed by atoms with Gasteiger partial charge >= 0.3 is 18.0 Å². The van der Waals surface area contributed by atoms with Crippen molar-refractivity contribution in [3.05, 3.63) is 108 Å². The lowest BCUT2D eigenvalue weighted by Gasteiger charge is -2.18. The monoisotopic (exact) mass is 518 g/mol. The first kappa shape index (κ1) is 27.9. The number of hydrogen-bond acceptors (Lipinski definition) is 7. The molecule has 9 heteroatoms. The number of rotatable bonds is 13. The minimum Gasteiger partial charge on any atom is -0.461 e. The highest BCUT2D eigenvalue weighted by molar-refractivity contribution is 5.87. The summed E-state index contributed by atoms with van der Waals surface area (Å²) in [7, 11) is 0. The Balaban J connectivity index is 1.48. The molecule has 3 aromatic rings. The van der Waals surface area contributed by atoms with E-state index in [4.69, 9.17) is 14.2 Å². The van der Waals surface area contributed by atoms with Gasteiger partial charge in [-0.25, -0.2) is 9.59 Å². The lowest BCUT2D eigenvalue weighted by molar-refractivity contribution is -0.150. The van der Waals surface area contributed by atoms with E-state index in [-0.39, 0.29) is 32.7 Å². The zero-order chi connectivity index (χ0) is 27.0. The van der Waals surface area contributed by atoms with Gasteiger partial charge in [-0.2, -0.15) is 0 Å². The molecular formula is C29H30N2O7. The minimum atomic E-state index is -1.11. The Bertz CT molecular complexity index is 1170. The molecule has 1 atom stereocenters. The van der Waals surface area contributed by atoms with Crippen LogP contribution in [0.15, 0.2) is 91.0 Å². The van der Waals surface area contributed by atoms with Gasteiger partial charge in [0, 0.05) is 6.42 Å². The van der Waals surface area contributed by atoms with Crippen LogP contribution in [0.2, 0.25) is 0 Å². The highest BCUT2D eigenvalue weighted by atomic mass is 16.5. The van der Waals surface area contributed by atoms with Gasteiger partial charge < -0.3 is 24.8 Å². The molecule has 0 aromatic heterocycles. The van der Waals surface area contributed by atoms with Gasteiger partial charge in [-0.15, -0.1) is 0 Å². The van der Waals surface area contributed by atoms with Crippen LogP contribution in [0.3, 0.4) is 0 Å². The van der Waals surface area contributed by atoms with Crippen LogP contribution >= 0.6 is 0 Å². The van der Waals surface area contributed by atoms with Crippen LogP contribution in [-0.4, -0.2) is 36.5 Å². The first-order valence-electron chi connectivity index (χ1n) is 12.1. The second-order valence-corrected chi connectivity index (χ2v) is 8.31. The Morgan fingerprint density at radius 2 is 1.11 bits per heavy atom. The molecule has 0 fully saturated rings. The lowest BCUT2D eigenvalue weighted by Crippen LogP contribution is -2.46. The summed E-state index contributed by atoms with van der Waals surface area (Å²) >= 11 is 0. The van der Waals surface area contributed by atoms with Crippen molar-refractivity contribution in [1.82, 2.24) is 10.6 Å². The molecule has 2 N–H and O–H groups in total. The molecule has 0 spiro atoms. The average Bonchev–Trinajstić information content (AvgIpc) is 2.96. The van der Waals surface area contributed by atoms with Gasteiger partial charge in [0.05, 0.1) is 0 Å². The van der Waals surface area contributed by atoms with Crippen LogP contribution in [0.25, 0.3) is 0 Å². The Labute approximate surface area is 221 Å². The van der Waals surface area contributed by atoms with Gasteiger partial charge in [-0.1, -0.05) is 91.0 Å². The van der Waals surface area contributed by atoms with E-state index in [9.17, 15) is 19.2 Å². The molecule has 1 unspecified atom stereocenters. The topological polar surface area (TPSA) is 120 Å². The number of carbonyl (C=O) groups is 4. The SMILES string of the molecule is O=C(CNC(=O)OCc1ccccc1)NC(CCC(=O)OCc1ccccc1)C(=O)OCc1ccccc1. The normalized spacial score (nSPS) is 11.1. The first-order valence-corrected chi connectivity index (χ1v) is 12.1. The predicted octanol–water partition coefficient (Wildman–Crippen LogP) is 3.66. The van der Waals surface area contributed by atoms with Crippen LogP contribution < -0.4 is 10.6 Å². The summed E-state index contributed by atoms with van der Waals surface area (Å²) < 4.78 is 15.7. The fraction of sp³-hybridized carbons (Fsp3) is 0.241. The maximum Gasteiger partial charge on any atom is 0.407 e. The minimum absolute atomic E-state index is 0.00849. The summed E-state index contributed by atoms with van der Waals surface area (Å²) in [6.07, 6.45) is -0.937. The number of hydrogen-bond donors (Lipinski definition) is 2. The number of esters is 2. The zero-order valence-corrected chi connectivity index (χ0v) is 20.8. The molecule has 0 heterocycles. The Kier molecular flexibility index (Phi) is 11.4. The molecular weight excluding hydrogens is 488 g/mol. The molecule has 0 aliphatic heterocycles. The summed E-state index contributed by atoms with van der Waals surface area (Å²) in [5.74, 6) is -1.86. The highest BCUT2D eigenvalue weighted by Gasteiger charge is 2.24. The summed E-state index contributed by atoms with van der Waals surface area (Å²) in [4.78, 5) is 49.4. The zero-order valence-electron chi connectivity index (χ0n) is 20.8. The molecule has 0 saturated heterocycles. The van der Waals surface area contributed by atoms with Crippen molar-refractivity contribution in [2.45, 2.75) is 38.7 Å². The van der Waals surface area contributed by atoms with Crippen molar-refractivity contribution in [1.29, 1.82) is 0 Å². The molecule has 0 radical (unpaired) electrons. The largest absolute Gasteiger partial charge is 0.461 e. The molecule has 198 valence electrons. The third-order valence-electron chi connectivity index (χ3n) is 5.33. The quantitative estimate of drug-likeness (QED) is 0.262. The fourth-order valence-corrected chi connectivity index (χ4v) is 3.32. The van der Waals surface area contributed by atoms with Gasteiger partial charge in [0.15, 0.2) is 0 Å². The Hall–Kier alpha value is -4.66. The number of carbonyl (C=O) groups excluding carboxylic acids is 4. The van der Waals surface area contributed by atoms with E-state index >= 15 is 0 Å². The van der Waals surface area contributed by atoms with E-state index in [1.807, 2.05) is 66.7 Å². The maximum atomic E-state index is 12.7. The van der Waals surface area contributed by atoms with Gasteiger partial charge in [0.1, 0.15) is 32.4 Å². The third kappa shape index (κ3) is 10.5. The third-order valence-corrected chi connectivity index (χ3v) is 5.33. The number of amides is 2. The second-order valence-electron chi connectivity index (χ2n) is 8.31. The maximum absolute atomic E-state index is 12.7. The summed E-state index contributed by atoms with van der Waals surface area (Å²) in [5, 5.41) is 4.86. The average molecular weight is 519 g/mol. The van der Waals surface area contributed by atoms with E-state index < -0.39 is 36.5 Å². The summed E-state index contributed by atoms with van der Waals surface area (Å²) in [6, 6.07) is 26.2. The van der Waals surface area contributed by atoms with Crippen molar-refractivity contribution in [3.8, 4) is 0 Å². The fourth-order valence-electron chi connectivity index (χ4n) is 3.32. The summed E-state index contributed by atoms with van der Waals surface area (Å²) in [6.45, 7) is -0.263. The molecule has 0 saturated carbocycles. The van der Waals surface area contributed by atoms with E-state index in [0.717, 1.165) is 16.7 Å². The van der Waals surface area contributed by atoms with Crippen LogP contribution in [0.1, 0.15) is 29.5 Å². The van der Waals surface area contributed by atoms with E-state index in [2.05, 4.69) is 10.6 Å². The van der Waals surface area contributed by atoms with Gasteiger partial charge in [0.2, 0.25) is 5.91 Å². The highest BCUT2D eigenvalue weighted by Crippen LogP contribution is 2.08. The van der Waals surface area contributed by atoms with E-state index in [0.29, 0.717) is 0 Å². The Morgan fingerprint density at radius 3 is 1.63 bits per heavy atom. The van der Waals surface area contributed by atoms with Crippen LogP contribution in [0.5, 0.6) is 0 Å². The van der Waals surface area contributed by atoms with Gasteiger partial charge in [-0.05, 0) is 23.1 Å². The second kappa shape index (κ2) is 15.5. The van der Waals surface area contributed by atoms with E-state index in [1.165, 1.54) is 0 Å². The van der Waals surface area contributed by atoms with Crippen molar-refractivity contribution >= 4 is 23.9 Å². The molecule has 0 bridgehead atoms. The van der Waals surface area contributed by atoms with Crippen LogP contribution in [-0.2, 0) is 48.4 Å². The number of ether oxygens (including phenoxy) is 3. The summed E-state index contributed by atoms with van der Waals surface area (Å²) in [5.41, 5.74) is 2.40. The molecule has 3 rings (SSSR count). The van der Waals surface area contributed by atoms with Crippen molar-refractivity contribution < 1.29 is 33.4 Å². The first-order chi connectivity index (χ1) is 18.5. The van der Waals surface area contributed by atoms with Crippen molar-refractivity contribution in [2.24, 2.45) is 0 Å². The molecule has 9 nitrogen and oxygen atoms in total. The predicted molar refractivity (Wildman–Crippen MR) is 138 cm³/mol. The standard InChI is InChI=1S/C29H30N2O7/c32-26(18-30-29(35)38-21-24-14-8-3-9-15-24)31-25(28(34)37-20-23-12-6-2-7-13-23)16-17-27(33)36-19-22-10-4-1-5-11-22/h1-15,25H,16-21H2,(H,30,35)(H,31,32). The van der Waals surface area contributed by atoms with Crippen molar-refractivity contribution in [3.63, 3.8) is 0 Å². The van der Waals surface area contributed by atoms with E-state index in [1.54, 1.807) is 24.3 Å². The smallest absolute Gasteiger partial charge is 0.407 e. The van der Waals surface area contributed by atoms with Crippen molar-refractivity contribution in [2.75, 3.05) is 6.54 Å². The molecule has 0 aliphatic rings. The molecule has 38 heavy (non-hydrogen) atoms. The van der Waals surface area contributed by atoms with Gasteiger partial charge in [0.25, 0.3) is 0 Å². The molecule has 3 aromatic carbocycles. The number of nitrogens with one attached hydrogen (secondary N) is 2. The van der Waals surface area contributed by atoms with Crippen LogP contribution in [0, 0.1) is 0 Å². The Morgan fingerprint density at radius 1 is 0.632 bits per heavy atom. The number of benzene rings is 3.